The molecule has 0 amide bonds. The summed E-state index contributed by atoms with van der Waals surface area (Å²) >= 11 is 0. The Labute approximate surface area is 164 Å². The van der Waals surface area contributed by atoms with Crippen molar-refractivity contribution in [3.63, 3.8) is 0 Å². The smallest absolute Gasteiger partial charge is 0.0684 e. The van der Waals surface area contributed by atoms with Gasteiger partial charge in [-0.05, 0) is 81.9 Å². The van der Waals surface area contributed by atoms with Gasteiger partial charge < -0.3 is 0 Å². The van der Waals surface area contributed by atoms with E-state index in [4.69, 9.17) is 4.99 Å². The van der Waals surface area contributed by atoms with Gasteiger partial charge in [-0.15, -0.1) is 0 Å². The number of aryl methyl sites for hydroxylation is 3. The highest BCUT2D eigenvalue weighted by atomic mass is 14.7. The van der Waals surface area contributed by atoms with E-state index in [0.29, 0.717) is 5.92 Å². The van der Waals surface area contributed by atoms with Crippen molar-refractivity contribution in [1.82, 2.24) is 0 Å². The van der Waals surface area contributed by atoms with Gasteiger partial charge in [0.15, 0.2) is 0 Å². The number of hydrogen-bond acceptors (Lipinski definition) is 1. The molecular formula is C26H31N. The molecule has 2 aromatic rings. The van der Waals surface area contributed by atoms with Crippen LogP contribution >= 0.6 is 0 Å². The monoisotopic (exact) mass is 357 g/mol. The number of benzene rings is 2. The van der Waals surface area contributed by atoms with Gasteiger partial charge in [0.1, 0.15) is 0 Å². The van der Waals surface area contributed by atoms with Gasteiger partial charge in [-0.1, -0.05) is 53.1 Å². The highest BCUT2D eigenvalue weighted by molar-refractivity contribution is 5.70. The van der Waals surface area contributed by atoms with Gasteiger partial charge in [0.25, 0.3) is 0 Å². The molecule has 0 unspecified atom stereocenters. The lowest BCUT2D eigenvalue weighted by molar-refractivity contribution is 0.919. The zero-order valence-corrected chi connectivity index (χ0v) is 17.8. The summed E-state index contributed by atoms with van der Waals surface area (Å²) in [5.41, 5.74) is 13.6. The normalized spacial score (nSPS) is 15.5. The van der Waals surface area contributed by atoms with Crippen LogP contribution in [0.15, 0.2) is 63.7 Å². The van der Waals surface area contributed by atoms with Gasteiger partial charge in [-0.2, -0.15) is 0 Å². The Morgan fingerprint density at radius 2 is 1.37 bits per heavy atom. The Balaban J connectivity index is 1.91. The minimum atomic E-state index is 0.414. The molecule has 1 aliphatic rings. The van der Waals surface area contributed by atoms with E-state index in [1.807, 2.05) is 0 Å². The quantitative estimate of drug-likeness (QED) is 0.508. The molecular weight excluding hydrogens is 326 g/mol. The van der Waals surface area contributed by atoms with Crippen molar-refractivity contribution in [2.45, 2.75) is 60.8 Å². The van der Waals surface area contributed by atoms with E-state index in [-0.39, 0.29) is 0 Å². The molecule has 0 spiro atoms. The minimum Gasteiger partial charge on any atom is -0.260 e. The van der Waals surface area contributed by atoms with E-state index in [1.54, 1.807) is 0 Å². The maximum atomic E-state index is 4.83. The van der Waals surface area contributed by atoms with Crippen LogP contribution in [0.2, 0.25) is 0 Å². The number of hydrogen-bond donors (Lipinski definition) is 0. The van der Waals surface area contributed by atoms with Crippen molar-refractivity contribution in [1.29, 1.82) is 0 Å². The predicted octanol–water partition coefficient (Wildman–Crippen LogP) is 7.33. The molecule has 0 saturated heterocycles. The molecule has 27 heavy (non-hydrogen) atoms. The van der Waals surface area contributed by atoms with Crippen LogP contribution in [0.5, 0.6) is 0 Å². The fourth-order valence-corrected chi connectivity index (χ4v) is 4.43. The highest BCUT2D eigenvalue weighted by Gasteiger charge is 2.27. The highest BCUT2D eigenvalue weighted by Crippen LogP contribution is 2.44. The van der Waals surface area contributed by atoms with Crippen molar-refractivity contribution in [2.75, 3.05) is 0 Å². The minimum absolute atomic E-state index is 0.414. The summed E-state index contributed by atoms with van der Waals surface area (Å²) in [6, 6.07) is 13.3. The molecule has 140 valence electrons. The third-order valence-corrected chi connectivity index (χ3v) is 6.14. The molecule has 0 bridgehead atoms. The maximum absolute atomic E-state index is 4.83. The zero-order valence-electron chi connectivity index (χ0n) is 17.8. The maximum Gasteiger partial charge on any atom is 0.0684 e. The molecule has 0 aromatic heterocycles. The molecule has 0 N–H and O–H groups in total. The second-order valence-corrected chi connectivity index (χ2v) is 8.01. The van der Waals surface area contributed by atoms with E-state index in [2.05, 4.69) is 91.1 Å². The van der Waals surface area contributed by atoms with Crippen LogP contribution in [-0.2, 0) is 6.42 Å². The van der Waals surface area contributed by atoms with Crippen LogP contribution in [0.25, 0.3) is 0 Å². The Kier molecular flexibility index (Phi) is 5.51. The van der Waals surface area contributed by atoms with Crippen LogP contribution in [-0.4, -0.2) is 6.21 Å². The largest absolute Gasteiger partial charge is 0.260 e. The lowest BCUT2D eigenvalue weighted by Gasteiger charge is -2.19. The number of nitrogens with zero attached hydrogens (tertiary/aromatic N) is 1. The molecule has 0 heterocycles. The molecule has 3 rings (SSSR count). The van der Waals surface area contributed by atoms with E-state index in [0.717, 1.165) is 12.1 Å². The molecule has 1 nitrogen and oxygen atoms in total. The summed E-state index contributed by atoms with van der Waals surface area (Å²) in [4.78, 5) is 4.83. The molecule has 0 aliphatic heterocycles. The average Bonchev–Trinajstić information content (AvgIpc) is 2.81. The van der Waals surface area contributed by atoms with Crippen LogP contribution < -0.4 is 0 Å². The fraction of sp³-hybridized carbons (Fsp3) is 0.346. The van der Waals surface area contributed by atoms with E-state index < -0.39 is 0 Å². The number of allylic oxidation sites excluding steroid dienone is 4. The molecule has 0 fully saturated rings. The number of aliphatic imine (C=N–C) groups is 1. The molecule has 0 saturated carbocycles. The van der Waals surface area contributed by atoms with Crippen LogP contribution in [0.1, 0.15) is 61.4 Å². The predicted molar refractivity (Wildman–Crippen MR) is 118 cm³/mol. The summed E-state index contributed by atoms with van der Waals surface area (Å²) in [5, 5.41) is 0. The van der Waals surface area contributed by atoms with E-state index in [9.17, 15) is 0 Å². The standard InChI is InChI=1S/C26H31N/c1-16-14-17(2)26(18(3)15-16)27-13-12-23-10-8-9-11-24(23)25-21(6)19(4)20(5)22(25)7/h8-11,13-15,25H,12H2,1-7H3. The van der Waals surface area contributed by atoms with Gasteiger partial charge in [0, 0.05) is 18.6 Å². The van der Waals surface area contributed by atoms with Crippen molar-refractivity contribution < 1.29 is 0 Å². The van der Waals surface area contributed by atoms with Crippen molar-refractivity contribution in [2.24, 2.45) is 4.99 Å². The van der Waals surface area contributed by atoms with Gasteiger partial charge in [0.05, 0.1) is 5.69 Å². The molecule has 1 heteroatoms. The number of rotatable bonds is 4. The van der Waals surface area contributed by atoms with Crippen molar-refractivity contribution >= 4 is 11.9 Å². The summed E-state index contributed by atoms with van der Waals surface area (Å²) in [7, 11) is 0. The van der Waals surface area contributed by atoms with Crippen LogP contribution in [0.4, 0.5) is 5.69 Å². The van der Waals surface area contributed by atoms with Gasteiger partial charge in [0.2, 0.25) is 0 Å². The second kappa shape index (κ2) is 7.68. The Morgan fingerprint density at radius 3 is 1.96 bits per heavy atom. The van der Waals surface area contributed by atoms with E-state index >= 15 is 0 Å². The Bertz CT molecular complexity index is 922. The van der Waals surface area contributed by atoms with Gasteiger partial charge in [-0.3, -0.25) is 4.99 Å². The van der Waals surface area contributed by atoms with Crippen LogP contribution in [0, 0.1) is 20.8 Å². The zero-order chi connectivity index (χ0) is 19.7. The first-order valence-corrected chi connectivity index (χ1v) is 9.84. The lowest BCUT2D eigenvalue weighted by Crippen LogP contribution is -2.04. The summed E-state index contributed by atoms with van der Waals surface area (Å²) < 4.78 is 0. The van der Waals surface area contributed by atoms with Gasteiger partial charge >= 0.3 is 0 Å². The summed E-state index contributed by atoms with van der Waals surface area (Å²) in [6.07, 6.45) is 2.94. The first-order chi connectivity index (χ1) is 12.8. The summed E-state index contributed by atoms with van der Waals surface area (Å²) in [6.45, 7) is 15.5. The lowest BCUT2D eigenvalue weighted by atomic mass is 9.85. The first-order valence-electron chi connectivity index (χ1n) is 9.84. The topological polar surface area (TPSA) is 12.4 Å². The Hall–Kier alpha value is -2.41. The molecule has 0 radical (unpaired) electrons. The second-order valence-electron chi connectivity index (χ2n) is 8.01. The molecule has 0 atom stereocenters. The third-order valence-electron chi connectivity index (χ3n) is 6.14. The SMILES string of the molecule is CC1=C(C)C(c2ccccc2CC=Nc2c(C)cc(C)cc2C)C(C)=C1C. The Morgan fingerprint density at radius 1 is 0.815 bits per heavy atom. The summed E-state index contributed by atoms with van der Waals surface area (Å²) in [5.74, 6) is 0.414. The third kappa shape index (κ3) is 3.69. The van der Waals surface area contributed by atoms with Gasteiger partial charge in [-0.25, -0.2) is 0 Å². The average molecular weight is 358 g/mol. The molecule has 1 aliphatic carbocycles. The van der Waals surface area contributed by atoms with Crippen molar-refractivity contribution in [3.8, 4) is 0 Å². The fourth-order valence-electron chi connectivity index (χ4n) is 4.43. The van der Waals surface area contributed by atoms with Crippen molar-refractivity contribution in [3.05, 3.63) is 86.5 Å². The first kappa shape index (κ1) is 19.4. The van der Waals surface area contributed by atoms with Crippen LogP contribution in [0.3, 0.4) is 0 Å². The molecule has 2 aromatic carbocycles. The van der Waals surface area contributed by atoms with E-state index in [1.165, 1.54) is 50.1 Å².